The van der Waals surface area contributed by atoms with Crippen LogP contribution < -0.4 is 10.2 Å². The second-order valence-corrected chi connectivity index (χ2v) is 3.96. The zero-order chi connectivity index (χ0) is 13.7. The summed E-state index contributed by atoms with van der Waals surface area (Å²) in [7, 11) is 3.30. The number of nitrogens with zero attached hydrogens (tertiary/aromatic N) is 3. The fourth-order valence-corrected chi connectivity index (χ4v) is 1.48. The molecule has 7 heteroatoms. The van der Waals surface area contributed by atoms with E-state index >= 15 is 0 Å². The molecule has 0 aliphatic heterocycles. The first-order chi connectivity index (χ1) is 8.45. The molecule has 1 rings (SSSR count). The number of aromatic carboxylic acids is 1. The van der Waals surface area contributed by atoms with Crippen LogP contribution in [0.15, 0.2) is 12.4 Å². The van der Waals surface area contributed by atoms with E-state index in [1.807, 2.05) is 0 Å². The molecule has 1 aromatic rings. The Balaban J connectivity index is 2.78. The molecular formula is C11H16N4O3. The number of carboxylic acids is 1. The average molecular weight is 252 g/mol. The molecule has 0 bridgehead atoms. The molecule has 0 fully saturated rings. The summed E-state index contributed by atoms with van der Waals surface area (Å²) >= 11 is 0. The van der Waals surface area contributed by atoms with Gasteiger partial charge in [0.2, 0.25) is 5.91 Å². The normalized spacial score (nSPS) is 11.7. The maximum atomic E-state index is 11.4. The number of carboxylic acid groups (broad SMARTS) is 1. The molecule has 0 aliphatic carbocycles. The molecule has 1 unspecified atom stereocenters. The van der Waals surface area contributed by atoms with Gasteiger partial charge in [0.15, 0.2) is 5.69 Å². The molecule has 1 amide bonds. The number of carbonyl (C=O) groups excluding carboxylic acids is 1. The first-order valence-electron chi connectivity index (χ1n) is 5.43. The van der Waals surface area contributed by atoms with E-state index in [0.717, 1.165) is 0 Å². The average Bonchev–Trinajstić information content (AvgIpc) is 2.37. The van der Waals surface area contributed by atoms with Crippen LogP contribution in [0.3, 0.4) is 0 Å². The van der Waals surface area contributed by atoms with Crippen LogP contribution in [0.4, 0.5) is 5.82 Å². The van der Waals surface area contributed by atoms with E-state index in [-0.39, 0.29) is 17.5 Å². The Morgan fingerprint density at radius 2 is 2.17 bits per heavy atom. The summed E-state index contributed by atoms with van der Waals surface area (Å²) in [6.45, 7) is 2.21. The highest BCUT2D eigenvalue weighted by atomic mass is 16.4. The van der Waals surface area contributed by atoms with Crippen LogP contribution in [0, 0.1) is 5.92 Å². The van der Waals surface area contributed by atoms with Gasteiger partial charge in [0.25, 0.3) is 0 Å². The van der Waals surface area contributed by atoms with E-state index in [9.17, 15) is 9.59 Å². The molecule has 18 heavy (non-hydrogen) atoms. The van der Waals surface area contributed by atoms with Crippen molar-refractivity contribution in [3.8, 4) is 0 Å². The minimum absolute atomic E-state index is 0.0794. The van der Waals surface area contributed by atoms with Crippen LogP contribution in [0.2, 0.25) is 0 Å². The summed E-state index contributed by atoms with van der Waals surface area (Å²) in [5.41, 5.74) is -0.119. The monoisotopic (exact) mass is 252 g/mol. The van der Waals surface area contributed by atoms with Crippen molar-refractivity contribution in [2.45, 2.75) is 6.92 Å². The van der Waals surface area contributed by atoms with Crippen LogP contribution in [-0.4, -0.2) is 47.6 Å². The van der Waals surface area contributed by atoms with Crippen molar-refractivity contribution in [3.63, 3.8) is 0 Å². The fourth-order valence-electron chi connectivity index (χ4n) is 1.48. The number of nitrogens with one attached hydrogen (secondary N) is 1. The molecule has 0 radical (unpaired) electrons. The van der Waals surface area contributed by atoms with Gasteiger partial charge in [0.05, 0.1) is 18.3 Å². The third-order valence-corrected chi connectivity index (χ3v) is 2.47. The Labute approximate surface area is 105 Å². The zero-order valence-corrected chi connectivity index (χ0v) is 10.5. The lowest BCUT2D eigenvalue weighted by Gasteiger charge is -2.21. The highest BCUT2D eigenvalue weighted by Crippen LogP contribution is 2.10. The standard InChI is InChI=1S/C11H16N4O3/c1-7(10(16)12-2)6-15(3)9-5-13-4-8(14-9)11(17)18/h4-5,7H,6H2,1-3H3,(H,12,16)(H,17,18). The molecule has 2 N–H and O–H groups in total. The zero-order valence-electron chi connectivity index (χ0n) is 10.5. The molecule has 1 heterocycles. The molecule has 0 spiro atoms. The van der Waals surface area contributed by atoms with Crippen molar-refractivity contribution < 1.29 is 14.7 Å². The summed E-state index contributed by atoms with van der Waals surface area (Å²) in [6.07, 6.45) is 2.64. The third kappa shape index (κ3) is 3.41. The van der Waals surface area contributed by atoms with Crippen molar-refractivity contribution >= 4 is 17.7 Å². The SMILES string of the molecule is CNC(=O)C(C)CN(C)c1cncc(C(=O)O)n1. The predicted octanol–water partition coefficient (Wildman–Crippen LogP) is -0.00690. The summed E-state index contributed by atoms with van der Waals surface area (Å²) in [6, 6.07) is 0. The van der Waals surface area contributed by atoms with Crippen LogP contribution in [0.5, 0.6) is 0 Å². The van der Waals surface area contributed by atoms with Crippen molar-refractivity contribution in [2.24, 2.45) is 5.92 Å². The largest absolute Gasteiger partial charge is 0.476 e. The van der Waals surface area contributed by atoms with Gasteiger partial charge in [-0.3, -0.25) is 9.78 Å². The second-order valence-electron chi connectivity index (χ2n) is 3.96. The third-order valence-electron chi connectivity index (χ3n) is 2.47. The summed E-state index contributed by atoms with van der Waals surface area (Å²) in [5, 5.41) is 11.4. The van der Waals surface area contributed by atoms with Crippen LogP contribution in [0.25, 0.3) is 0 Å². The molecule has 1 aromatic heterocycles. The first kappa shape index (κ1) is 13.9. The number of anilines is 1. The van der Waals surface area contributed by atoms with Gasteiger partial charge >= 0.3 is 5.97 Å². The maximum Gasteiger partial charge on any atom is 0.356 e. The van der Waals surface area contributed by atoms with Gasteiger partial charge < -0.3 is 15.3 Å². The van der Waals surface area contributed by atoms with Gasteiger partial charge in [-0.05, 0) is 0 Å². The van der Waals surface area contributed by atoms with Gasteiger partial charge in [-0.2, -0.15) is 0 Å². The van der Waals surface area contributed by atoms with E-state index in [2.05, 4.69) is 15.3 Å². The molecule has 0 saturated heterocycles. The second kappa shape index (κ2) is 5.95. The molecule has 0 aliphatic rings. The molecule has 0 aromatic carbocycles. The Morgan fingerprint density at radius 3 is 2.72 bits per heavy atom. The van der Waals surface area contributed by atoms with Crippen molar-refractivity contribution in [2.75, 3.05) is 25.5 Å². The van der Waals surface area contributed by atoms with Crippen molar-refractivity contribution in [3.05, 3.63) is 18.1 Å². The van der Waals surface area contributed by atoms with Gasteiger partial charge in [0.1, 0.15) is 5.82 Å². The molecule has 1 atom stereocenters. The van der Waals surface area contributed by atoms with Gasteiger partial charge in [0, 0.05) is 20.6 Å². The highest BCUT2D eigenvalue weighted by molar-refractivity contribution is 5.85. The van der Waals surface area contributed by atoms with E-state index in [0.29, 0.717) is 12.4 Å². The molecule has 7 nitrogen and oxygen atoms in total. The number of amides is 1. The Hall–Kier alpha value is -2.18. The Morgan fingerprint density at radius 1 is 1.50 bits per heavy atom. The van der Waals surface area contributed by atoms with E-state index < -0.39 is 5.97 Å². The number of aromatic nitrogens is 2. The lowest BCUT2D eigenvalue weighted by atomic mass is 10.1. The minimum Gasteiger partial charge on any atom is -0.476 e. The van der Waals surface area contributed by atoms with E-state index in [1.54, 1.807) is 25.9 Å². The van der Waals surface area contributed by atoms with Gasteiger partial charge in [-0.25, -0.2) is 9.78 Å². The van der Waals surface area contributed by atoms with Crippen molar-refractivity contribution in [1.82, 2.24) is 15.3 Å². The summed E-state index contributed by atoms with van der Waals surface area (Å²) in [4.78, 5) is 31.6. The molecule has 98 valence electrons. The predicted molar refractivity (Wildman–Crippen MR) is 65.5 cm³/mol. The molecular weight excluding hydrogens is 236 g/mol. The van der Waals surface area contributed by atoms with E-state index in [4.69, 9.17) is 5.11 Å². The van der Waals surface area contributed by atoms with Crippen LogP contribution >= 0.6 is 0 Å². The van der Waals surface area contributed by atoms with Crippen LogP contribution in [-0.2, 0) is 4.79 Å². The smallest absolute Gasteiger partial charge is 0.356 e. The Kier molecular flexibility index (Phi) is 4.59. The number of carbonyl (C=O) groups is 2. The summed E-state index contributed by atoms with van der Waals surface area (Å²) in [5.74, 6) is -1.01. The Bertz CT molecular complexity index is 450. The number of hydrogen-bond acceptors (Lipinski definition) is 5. The van der Waals surface area contributed by atoms with Crippen LogP contribution in [0.1, 0.15) is 17.4 Å². The summed E-state index contributed by atoms with van der Waals surface area (Å²) < 4.78 is 0. The van der Waals surface area contributed by atoms with Gasteiger partial charge in [-0.1, -0.05) is 6.92 Å². The topological polar surface area (TPSA) is 95.4 Å². The van der Waals surface area contributed by atoms with Gasteiger partial charge in [-0.15, -0.1) is 0 Å². The fraction of sp³-hybridized carbons (Fsp3) is 0.455. The van der Waals surface area contributed by atoms with E-state index in [1.165, 1.54) is 12.4 Å². The highest BCUT2D eigenvalue weighted by Gasteiger charge is 2.15. The molecule has 0 saturated carbocycles. The van der Waals surface area contributed by atoms with Crippen molar-refractivity contribution in [1.29, 1.82) is 0 Å². The maximum absolute atomic E-state index is 11.4. The first-order valence-corrected chi connectivity index (χ1v) is 5.43. The quantitative estimate of drug-likeness (QED) is 0.765. The number of hydrogen-bond donors (Lipinski definition) is 2. The lowest BCUT2D eigenvalue weighted by Crippen LogP contribution is -2.34. The minimum atomic E-state index is -1.13. The lowest BCUT2D eigenvalue weighted by molar-refractivity contribution is -0.123. The number of rotatable bonds is 5.